The van der Waals surface area contributed by atoms with Crippen LogP contribution < -0.4 is 0 Å². The third kappa shape index (κ3) is 3.55. The van der Waals surface area contributed by atoms with Crippen LogP contribution >= 0.6 is 11.3 Å². The fraction of sp³-hybridized carbons (Fsp3) is 0.615. The second kappa shape index (κ2) is 6.81. The smallest absolute Gasteiger partial charge is 0.324 e. The molecule has 110 valence electrons. The van der Waals surface area contributed by atoms with E-state index in [2.05, 4.69) is 4.90 Å². The predicted molar refractivity (Wildman–Crippen MR) is 75.7 cm³/mol. The molecule has 1 aromatic heterocycles. The Morgan fingerprint density at radius 3 is 3.00 bits per heavy atom. The summed E-state index contributed by atoms with van der Waals surface area (Å²) < 4.78 is 5.11. The summed E-state index contributed by atoms with van der Waals surface area (Å²) in [6, 6.07) is 3.06. The van der Waals surface area contributed by atoms with Crippen molar-refractivity contribution in [2.24, 2.45) is 0 Å². The standard InChI is InChI=1S/C13H18N2O4S/c1-2-19-13(16)11-5-3-4-8-14(11)9-10-6-7-12(20-10)15(17)18/h6-7,11H,2-5,8-9H2,1H3. The molecule has 0 bridgehead atoms. The Kier molecular flexibility index (Phi) is 5.08. The van der Waals surface area contributed by atoms with Crippen molar-refractivity contribution in [3.8, 4) is 0 Å². The number of nitrogens with zero attached hydrogens (tertiary/aromatic N) is 2. The maximum Gasteiger partial charge on any atom is 0.324 e. The molecule has 20 heavy (non-hydrogen) atoms. The van der Waals surface area contributed by atoms with E-state index in [0.29, 0.717) is 13.2 Å². The van der Waals surface area contributed by atoms with Gasteiger partial charge >= 0.3 is 11.0 Å². The van der Waals surface area contributed by atoms with Crippen LogP contribution in [-0.2, 0) is 16.1 Å². The van der Waals surface area contributed by atoms with Crippen LogP contribution in [0, 0.1) is 10.1 Å². The number of rotatable bonds is 5. The Hall–Kier alpha value is -1.47. The number of hydrogen-bond acceptors (Lipinski definition) is 6. The van der Waals surface area contributed by atoms with E-state index in [1.54, 1.807) is 13.0 Å². The molecule has 0 aliphatic carbocycles. The monoisotopic (exact) mass is 298 g/mol. The first-order valence-corrected chi connectivity index (χ1v) is 7.57. The van der Waals surface area contributed by atoms with Crippen molar-refractivity contribution >= 4 is 22.3 Å². The second-order valence-corrected chi connectivity index (χ2v) is 5.88. The van der Waals surface area contributed by atoms with E-state index in [9.17, 15) is 14.9 Å². The van der Waals surface area contributed by atoms with Crippen LogP contribution in [0.5, 0.6) is 0 Å². The second-order valence-electron chi connectivity index (χ2n) is 4.73. The summed E-state index contributed by atoms with van der Waals surface area (Å²) >= 11 is 1.17. The first kappa shape index (κ1) is 14.9. The maximum atomic E-state index is 11.9. The molecule has 0 aromatic carbocycles. The highest BCUT2D eigenvalue weighted by atomic mass is 32.1. The molecule has 1 aliphatic rings. The lowest BCUT2D eigenvalue weighted by Gasteiger charge is -2.33. The molecule has 1 saturated heterocycles. The molecule has 0 amide bonds. The Morgan fingerprint density at radius 2 is 2.35 bits per heavy atom. The molecular formula is C13H18N2O4S. The number of likely N-dealkylation sites (tertiary alicyclic amines) is 1. The van der Waals surface area contributed by atoms with Crippen LogP contribution in [-0.4, -0.2) is 35.0 Å². The van der Waals surface area contributed by atoms with Crippen LogP contribution in [0.25, 0.3) is 0 Å². The minimum Gasteiger partial charge on any atom is -0.465 e. The number of carbonyl (C=O) groups is 1. The van der Waals surface area contributed by atoms with Gasteiger partial charge < -0.3 is 4.74 Å². The lowest BCUT2D eigenvalue weighted by atomic mass is 10.0. The highest BCUT2D eigenvalue weighted by molar-refractivity contribution is 7.15. The highest BCUT2D eigenvalue weighted by Crippen LogP contribution is 2.27. The Morgan fingerprint density at radius 1 is 1.55 bits per heavy atom. The van der Waals surface area contributed by atoms with Gasteiger partial charge in [-0.25, -0.2) is 0 Å². The number of ether oxygens (including phenoxy) is 1. The van der Waals surface area contributed by atoms with E-state index < -0.39 is 0 Å². The quantitative estimate of drug-likeness (QED) is 0.474. The van der Waals surface area contributed by atoms with Gasteiger partial charge in [0.05, 0.1) is 11.5 Å². The molecule has 1 aromatic rings. The molecule has 1 atom stereocenters. The first-order valence-electron chi connectivity index (χ1n) is 6.75. The summed E-state index contributed by atoms with van der Waals surface area (Å²) in [5.74, 6) is -0.182. The Labute approximate surface area is 121 Å². The number of nitro groups is 1. The number of carbonyl (C=O) groups excluding carboxylic acids is 1. The van der Waals surface area contributed by atoms with Crippen LogP contribution in [0.15, 0.2) is 12.1 Å². The van der Waals surface area contributed by atoms with E-state index >= 15 is 0 Å². The predicted octanol–water partition coefficient (Wildman–Crippen LogP) is 2.57. The topological polar surface area (TPSA) is 72.7 Å². The zero-order valence-electron chi connectivity index (χ0n) is 11.4. The largest absolute Gasteiger partial charge is 0.465 e. The van der Waals surface area contributed by atoms with E-state index in [0.717, 1.165) is 30.7 Å². The molecule has 0 N–H and O–H groups in total. The van der Waals surface area contributed by atoms with E-state index in [1.807, 2.05) is 0 Å². The summed E-state index contributed by atoms with van der Waals surface area (Å²) in [5.41, 5.74) is 0. The molecule has 6 nitrogen and oxygen atoms in total. The van der Waals surface area contributed by atoms with Crippen molar-refractivity contribution in [1.29, 1.82) is 0 Å². The van der Waals surface area contributed by atoms with Gasteiger partial charge in [-0.05, 0) is 32.4 Å². The van der Waals surface area contributed by atoms with Gasteiger partial charge in [0.15, 0.2) is 0 Å². The zero-order chi connectivity index (χ0) is 14.5. The molecule has 2 heterocycles. The van der Waals surface area contributed by atoms with Gasteiger partial charge in [0.1, 0.15) is 6.04 Å². The van der Waals surface area contributed by atoms with Gasteiger partial charge in [0.25, 0.3) is 0 Å². The third-order valence-corrected chi connectivity index (χ3v) is 4.38. The van der Waals surface area contributed by atoms with Crippen molar-refractivity contribution in [3.63, 3.8) is 0 Å². The number of esters is 1. The van der Waals surface area contributed by atoms with Crippen molar-refractivity contribution in [2.75, 3.05) is 13.2 Å². The van der Waals surface area contributed by atoms with E-state index in [4.69, 9.17) is 4.74 Å². The fourth-order valence-electron chi connectivity index (χ4n) is 2.44. The minimum absolute atomic E-state index is 0.143. The average molecular weight is 298 g/mol. The first-order chi connectivity index (χ1) is 9.61. The van der Waals surface area contributed by atoms with Gasteiger partial charge in [0, 0.05) is 17.5 Å². The summed E-state index contributed by atoms with van der Waals surface area (Å²) in [6.07, 6.45) is 2.86. The number of hydrogen-bond donors (Lipinski definition) is 0. The molecule has 0 saturated carbocycles. The van der Waals surface area contributed by atoms with Gasteiger partial charge in [-0.2, -0.15) is 0 Å². The van der Waals surface area contributed by atoms with Gasteiger partial charge in [0.2, 0.25) is 0 Å². The Bertz CT molecular complexity index is 488. The summed E-state index contributed by atoms with van der Waals surface area (Å²) in [7, 11) is 0. The van der Waals surface area contributed by atoms with Crippen molar-refractivity contribution in [1.82, 2.24) is 4.90 Å². The fourth-order valence-corrected chi connectivity index (χ4v) is 3.28. The van der Waals surface area contributed by atoms with Crippen molar-refractivity contribution in [3.05, 3.63) is 27.1 Å². The zero-order valence-corrected chi connectivity index (χ0v) is 12.2. The highest BCUT2D eigenvalue weighted by Gasteiger charge is 2.30. The van der Waals surface area contributed by atoms with Crippen molar-refractivity contribution < 1.29 is 14.5 Å². The number of thiophene rings is 1. The molecule has 2 rings (SSSR count). The van der Waals surface area contributed by atoms with Crippen LogP contribution in [0.2, 0.25) is 0 Å². The maximum absolute atomic E-state index is 11.9. The molecule has 1 unspecified atom stereocenters. The molecule has 7 heteroatoms. The molecular weight excluding hydrogens is 280 g/mol. The molecule has 1 fully saturated rings. The van der Waals surface area contributed by atoms with Gasteiger partial charge in [-0.3, -0.25) is 19.8 Å². The third-order valence-electron chi connectivity index (χ3n) is 3.36. The van der Waals surface area contributed by atoms with Crippen LogP contribution in [0.4, 0.5) is 5.00 Å². The minimum atomic E-state index is -0.382. The average Bonchev–Trinajstić information content (AvgIpc) is 2.88. The van der Waals surface area contributed by atoms with Crippen LogP contribution in [0.1, 0.15) is 31.1 Å². The van der Waals surface area contributed by atoms with Crippen LogP contribution in [0.3, 0.4) is 0 Å². The number of piperidine rings is 1. The van der Waals surface area contributed by atoms with Crippen molar-refractivity contribution in [2.45, 2.75) is 38.8 Å². The summed E-state index contributed by atoms with van der Waals surface area (Å²) in [6.45, 7) is 3.58. The van der Waals surface area contributed by atoms with E-state index in [-0.39, 0.29) is 21.9 Å². The Balaban J connectivity index is 2.04. The molecule has 1 aliphatic heterocycles. The molecule has 0 radical (unpaired) electrons. The molecule has 0 spiro atoms. The van der Waals surface area contributed by atoms with E-state index in [1.165, 1.54) is 17.4 Å². The van der Waals surface area contributed by atoms with Gasteiger partial charge in [-0.1, -0.05) is 17.8 Å². The summed E-state index contributed by atoms with van der Waals surface area (Å²) in [4.78, 5) is 25.2. The SMILES string of the molecule is CCOC(=O)C1CCCCN1Cc1ccc([N+](=O)[O-])s1. The lowest BCUT2D eigenvalue weighted by Crippen LogP contribution is -2.44. The normalized spacial score (nSPS) is 19.8. The summed E-state index contributed by atoms with van der Waals surface area (Å²) in [5, 5.41) is 10.8. The van der Waals surface area contributed by atoms with Gasteiger partial charge in [-0.15, -0.1) is 0 Å². The lowest BCUT2D eigenvalue weighted by molar-refractivity contribution is -0.380.